The maximum absolute atomic E-state index is 10.8. The zero-order valence-electron chi connectivity index (χ0n) is 11.3. The van der Waals surface area contributed by atoms with Crippen molar-refractivity contribution in [1.82, 2.24) is 5.16 Å². The molecule has 106 valence electrons. The van der Waals surface area contributed by atoms with Gasteiger partial charge in [0.25, 0.3) is 0 Å². The van der Waals surface area contributed by atoms with Crippen molar-refractivity contribution in [2.24, 2.45) is 0 Å². The molecule has 0 amide bonds. The van der Waals surface area contributed by atoms with Gasteiger partial charge in [-0.25, -0.2) is 4.79 Å². The molecule has 2 aromatic rings. The third kappa shape index (κ3) is 2.63. The Hall–Kier alpha value is -2.01. The van der Waals surface area contributed by atoms with E-state index in [1.54, 1.807) is 0 Å². The molecule has 0 radical (unpaired) electrons. The number of aromatic nitrogens is 1. The van der Waals surface area contributed by atoms with Crippen LogP contribution in [0.15, 0.2) is 22.7 Å². The first kappa shape index (κ1) is 14.4. The molecule has 6 heteroatoms. The lowest BCUT2D eigenvalue weighted by Crippen LogP contribution is -1.94. The SMILES string of the molecule is COc1cc(C(C)C)cc(-c2cc(C(=O)O)on2)c1Cl. The van der Waals surface area contributed by atoms with Crippen LogP contribution in [-0.4, -0.2) is 23.3 Å². The summed E-state index contributed by atoms with van der Waals surface area (Å²) in [6, 6.07) is 5.06. The first-order chi connectivity index (χ1) is 9.43. The van der Waals surface area contributed by atoms with Gasteiger partial charge in [-0.1, -0.05) is 30.6 Å². The van der Waals surface area contributed by atoms with Gasteiger partial charge in [0, 0.05) is 11.6 Å². The molecule has 0 unspecified atom stereocenters. The number of rotatable bonds is 4. The highest BCUT2D eigenvalue weighted by molar-refractivity contribution is 6.34. The minimum Gasteiger partial charge on any atom is -0.495 e. The highest BCUT2D eigenvalue weighted by atomic mass is 35.5. The van der Waals surface area contributed by atoms with Gasteiger partial charge in [0.15, 0.2) is 0 Å². The summed E-state index contributed by atoms with van der Waals surface area (Å²) in [6.07, 6.45) is 0. The number of carboxylic acids is 1. The van der Waals surface area contributed by atoms with Crippen molar-refractivity contribution in [3.05, 3.63) is 34.5 Å². The maximum Gasteiger partial charge on any atom is 0.374 e. The zero-order valence-corrected chi connectivity index (χ0v) is 12.1. The quantitative estimate of drug-likeness (QED) is 0.928. The molecule has 1 aromatic heterocycles. The molecule has 1 aromatic carbocycles. The van der Waals surface area contributed by atoms with E-state index in [4.69, 9.17) is 26.0 Å². The van der Waals surface area contributed by atoms with Crippen LogP contribution >= 0.6 is 11.6 Å². The molecule has 0 aliphatic heterocycles. The number of carboxylic acid groups (broad SMARTS) is 1. The minimum atomic E-state index is -1.17. The number of ether oxygens (including phenoxy) is 1. The van der Waals surface area contributed by atoms with E-state index in [0.717, 1.165) is 5.56 Å². The van der Waals surface area contributed by atoms with Crippen LogP contribution in [0.1, 0.15) is 35.9 Å². The summed E-state index contributed by atoms with van der Waals surface area (Å²) in [6.45, 7) is 4.08. The number of carbonyl (C=O) groups is 1. The Labute approximate surface area is 121 Å². The molecular formula is C14H14ClNO4. The second-order valence-electron chi connectivity index (χ2n) is 4.62. The van der Waals surface area contributed by atoms with Crippen molar-refractivity contribution in [2.75, 3.05) is 7.11 Å². The molecule has 0 atom stereocenters. The van der Waals surface area contributed by atoms with Crippen LogP contribution in [0.25, 0.3) is 11.3 Å². The van der Waals surface area contributed by atoms with Gasteiger partial charge in [0.05, 0.1) is 12.1 Å². The minimum absolute atomic E-state index is 0.231. The highest BCUT2D eigenvalue weighted by Gasteiger charge is 2.18. The van der Waals surface area contributed by atoms with Crippen LogP contribution in [-0.2, 0) is 0 Å². The number of benzene rings is 1. The van der Waals surface area contributed by atoms with Gasteiger partial charge in [-0.2, -0.15) is 0 Å². The lowest BCUT2D eigenvalue weighted by molar-refractivity contribution is 0.0652. The molecule has 2 rings (SSSR count). The third-order valence-corrected chi connectivity index (χ3v) is 3.33. The predicted octanol–water partition coefficient (Wildman–Crippen LogP) is 3.83. The van der Waals surface area contributed by atoms with Gasteiger partial charge in [-0.05, 0) is 23.6 Å². The molecule has 0 fully saturated rings. The van der Waals surface area contributed by atoms with Crippen molar-refractivity contribution >= 4 is 17.6 Å². The summed E-state index contributed by atoms with van der Waals surface area (Å²) in [5.41, 5.74) is 1.97. The normalized spacial score (nSPS) is 10.8. The van der Waals surface area contributed by atoms with Crippen LogP contribution in [0.5, 0.6) is 5.75 Å². The summed E-state index contributed by atoms with van der Waals surface area (Å²) in [4.78, 5) is 10.8. The lowest BCUT2D eigenvalue weighted by atomic mass is 9.99. The first-order valence-electron chi connectivity index (χ1n) is 6.01. The second kappa shape index (κ2) is 5.54. The molecule has 5 nitrogen and oxygen atoms in total. The Bertz CT molecular complexity index is 649. The fourth-order valence-electron chi connectivity index (χ4n) is 1.79. The molecule has 0 spiro atoms. The smallest absolute Gasteiger partial charge is 0.374 e. The van der Waals surface area contributed by atoms with Gasteiger partial charge in [-0.3, -0.25) is 0 Å². The number of methoxy groups -OCH3 is 1. The van der Waals surface area contributed by atoms with Gasteiger partial charge in [0.1, 0.15) is 11.4 Å². The van der Waals surface area contributed by atoms with Crippen molar-refractivity contribution < 1.29 is 19.2 Å². The molecule has 0 bridgehead atoms. The Morgan fingerprint density at radius 3 is 2.60 bits per heavy atom. The molecule has 0 aliphatic rings. The number of hydrogen-bond acceptors (Lipinski definition) is 4. The third-order valence-electron chi connectivity index (χ3n) is 2.95. The average Bonchev–Trinajstić information content (AvgIpc) is 2.88. The number of nitrogens with zero attached hydrogens (tertiary/aromatic N) is 1. The van der Waals surface area contributed by atoms with E-state index in [2.05, 4.69) is 5.16 Å². The van der Waals surface area contributed by atoms with Gasteiger partial charge >= 0.3 is 5.97 Å². The number of halogens is 1. The summed E-state index contributed by atoms with van der Waals surface area (Å²) in [7, 11) is 1.53. The van der Waals surface area contributed by atoms with E-state index >= 15 is 0 Å². The maximum atomic E-state index is 10.8. The number of hydrogen-bond donors (Lipinski definition) is 1. The van der Waals surface area contributed by atoms with E-state index in [1.807, 2.05) is 26.0 Å². The average molecular weight is 296 g/mol. The zero-order chi connectivity index (χ0) is 14.9. The van der Waals surface area contributed by atoms with E-state index in [0.29, 0.717) is 22.0 Å². The Kier molecular flexibility index (Phi) is 3.99. The molecule has 0 saturated carbocycles. The first-order valence-corrected chi connectivity index (χ1v) is 6.39. The monoisotopic (exact) mass is 295 g/mol. The van der Waals surface area contributed by atoms with Crippen LogP contribution in [0.3, 0.4) is 0 Å². The van der Waals surface area contributed by atoms with Crippen LogP contribution in [0.2, 0.25) is 5.02 Å². The summed E-state index contributed by atoms with van der Waals surface area (Å²) < 4.78 is 10.0. The molecule has 0 saturated heterocycles. The van der Waals surface area contributed by atoms with Crippen LogP contribution in [0.4, 0.5) is 0 Å². The molecule has 20 heavy (non-hydrogen) atoms. The standard InChI is InChI=1S/C14H14ClNO4/c1-7(2)8-4-9(13(15)11(5-8)19-3)10-6-12(14(17)18)20-16-10/h4-7H,1-3H3,(H,17,18). The van der Waals surface area contributed by atoms with E-state index < -0.39 is 5.97 Å². The lowest BCUT2D eigenvalue weighted by Gasteiger charge is -2.12. The molecule has 1 N–H and O–H groups in total. The Balaban J connectivity index is 2.59. The molecule has 0 aliphatic carbocycles. The van der Waals surface area contributed by atoms with Crippen molar-refractivity contribution in [1.29, 1.82) is 0 Å². The van der Waals surface area contributed by atoms with Crippen LogP contribution < -0.4 is 4.74 Å². The Morgan fingerprint density at radius 2 is 2.10 bits per heavy atom. The fraction of sp³-hybridized carbons (Fsp3) is 0.286. The molecule has 1 heterocycles. The summed E-state index contributed by atoms with van der Waals surface area (Å²) >= 11 is 6.25. The highest BCUT2D eigenvalue weighted by Crippen LogP contribution is 2.38. The summed E-state index contributed by atoms with van der Waals surface area (Å²) in [5.74, 6) is -0.615. The fourth-order valence-corrected chi connectivity index (χ4v) is 2.07. The molecular weight excluding hydrogens is 282 g/mol. The van der Waals surface area contributed by atoms with Crippen LogP contribution in [0, 0.1) is 0 Å². The van der Waals surface area contributed by atoms with Gasteiger partial charge < -0.3 is 14.4 Å². The summed E-state index contributed by atoms with van der Waals surface area (Å²) in [5, 5.41) is 13.0. The van der Waals surface area contributed by atoms with E-state index in [9.17, 15) is 4.79 Å². The second-order valence-corrected chi connectivity index (χ2v) is 5.00. The van der Waals surface area contributed by atoms with Crippen molar-refractivity contribution in [3.8, 4) is 17.0 Å². The predicted molar refractivity (Wildman–Crippen MR) is 74.5 cm³/mol. The Morgan fingerprint density at radius 1 is 1.40 bits per heavy atom. The van der Waals surface area contributed by atoms with E-state index in [1.165, 1.54) is 13.2 Å². The van der Waals surface area contributed by atoms with Gasteiger partial charge in [0.2, 0.25) is 5.76 Å². The largest absolute Gasteiger partial charge is 0.495 e. The van der Waals surface area contributed by atoms with E-state index in [-0.39, 0.29) is 11.7 Å². The van der Waals surface area contributed by atoms with Gasteiger partial charge in [-0.15, -0.1) is 0 Å². The van der Waals surface area contributed by atoms with Crippen molar-refractivity contribution in [3.63, 3.8) is 0 Å². The number of aromatic carboxylic acids is 1. The topological polar surface area (TPSA) is 72.6 Å². The van der Waals surface area contributed by atoms with Crippen molar-refractivity contribution in [2.45, 2.75) is 19.8 Å².